The van der Waals surface area contributed by atoms with Gasteiger partial charge in [-0.25, -0.2) is 0 Å². The quantitative estimate of drug-likeness (QED) is 0.428. The van der Waals surface area contributed by atoms with Gasteiger partial charge in [-0.3, -0.25) is 0 Å². The summed E-state index contributed by atoms with van der Waals surface area (Å²) in [5, 5.41) is 0. The van der Waals surface area contributed by atoms with Gasteiger partial charge in [0.05, 0.1) is 0 Å². The van der Waals surface area contributed by atoms with E-state index in [9.17, 15) is 0 Å². The predicted molar refractivity (Wildman–Crippen MR) is 19.1 cm³/mol. The number of rotatable bonds is 0. The molecular formula is C2H4AsN. The number of nitrogens with two attached hydrogens (primary N) is 1. The second kappa shape index (κ2) is 3.10. The van der Waals surface area contributed by atoms with Crippen molar-refractivity contribution in [2.45, 2.75) is 0 Å². The standard InChI is InChI=1S/C2H4AsN/c3-1-2-4/h1-2H,4H2/b2-1-. The average Bonchev–Trinajstić information content (AvgIpc) is 1.37. The first kappa shape index (κ1) is 4.10. The van der Waals surface area contributed by atoms with E-state index in [1.807, 2.05) is 0 Å². The zero-order valence-electron chi connectivity index (χ0n) is 2.18. The third-order valence-corrected chi connectivity index (χ3v) is 0.447. The van der Waals surface area contributed by atoms with E-state index in [-0.39, 0.29) is 0 Å². The SMILES string of the molecule is N/C=C\[As]. The predicted octanol–water partition coefficient (Wildman–Crippen LogP) is -0.415. The summed E-state index contributed by atoms with van der Waals surface area (Å²) >= 11 is 2.23. The van der Waals surface area contributed by atoms with Crippen LogP contribution in [0.25, 0.3) is 0 Å². The Morgan fingerprint density at radius 2 is 2.00 bits per heavy atom. The monoisotopic (exact) mass is 117 g/mol. The average molecular weight is 117 g/mol. The Hall–Kier alpha value is 0.0984. The van der Waals surface area contributed by atoms with Gasteiger partial charge in [0.1, 0.15) is 0 Å². The fourth-order valence-corrected chi connectivity index (χ4v) is 0. The van der Waals surface area contributed by atoms with E-state index in [0.717, 1.165) is 0 Å². The minimum absolute atomic E-state index is 1.47. The van der Waals surface area contributed by atoms with Gasteiger partial charge in [-0.15, -0.1) is 0 Å². The van der Waals surface area contributed by atoms with Crippen LogP contribution in [0.2, 0.25) is 0 Å². The molecule has 0 aliphatic rings. The molecule has 0 unspecified atom stereocenters. The van der Waals surface area contributed by atoms with E-state index in [4.69, 9.17) is 5.73 Å². The van der Waals surface area contributed by atoms with Crippen LogP contribution in [0.5, 0.6) is 0 Å². The topological polar surface area (TPSA) is 26.0 Å². The van der Waals surface area contributed by atoms with Crippen molar-refractivity contribution in [3.8, 4) is 0 Å². The molecule has 0 aromatic rings. The van der Waals surface area contributed by atoms with E-state index in [1.165, 1.54) is 6.20 Å². The van der Waals surface area contributed by atoms with Crippen molar-refractivity contribution in [1.82, 2.24) is 0 Å². The van der Waals surface area contributed by atoms with Gasteiger partial charge in [0.2, 0.25) is 0 Å². The molecule has 22 valence electrons. The Morgan fingerprint density at radius 1 is 1.75 bits per heavy atom. The second-order valence-electron chi connectivity index (χ2n) is 0.342. The Balaban J connectivity index is 2.55. The zero-order valence-corrected chi connectivity index (χ0v) is 4.06. The van der Waals surface area contributed by atoms with Crippen molar-refractivity contribution in [2.75, 3.05) is 0 Å². The second-order valence-corrected chi connectivity index (χ2v) is 0.967. The van der Waals surface area contributed by atoms with Gasteiger partial charge >= 0.3 is 33.7 Å². The maximum absolute atomic E-state index is 4.83. The van der Waals surface area contributed by atoms with Crippen molar-refractivity contribution >= 4 is 16.9 Å². The summed E-state index contributed by atoms with van der Waals surface area (Å²) < 4.78 is 0. The zero-order chi connectivity index (χ0) is 3.41. The molecule has 0 fully saturated rings. The van der Waals surface area contributed by atoms with Crippen LogP contribution in [0.4, 0.5) is 0 Å². The molecule has 2 N–H and O–H groups in total. The fourth-order valence-electron chi connectivity index (χ4n) is 0. The first-order chi connectivity index (χ1) is 1.91. The fraction of sp³-hybridized carbons (Fsp3) is 0. The molecule has 2 radical (unpaired) electrons. The summed E-state index contributed by atoms with van der Waals surface area (Å²) in [6, 6.07) is 0. The summed E-state index contributed by atoms with van der Waals surface area (Å²) in [7, 11) is 0. The minimum atomic E-state index is 1.47. The molecule has 0 amide bonds. The molecule has 0 saturated heterocycles. The summed E-state index contributed by atoms with van der Waals surface area (Å²) in [5.74, 6) is 0. The molecule has 0 heterocycles. The first-order valence-electron chi connectivity index (χ1n) is 0.925. The molecule has 0 aromatic carbocycles. The van der Waals surface area contributed by atoms with Gasteiger partial charge in [-0.1, -0.05) is 0 Å². The summed E-state index contributed by atoms with van der Waals surface area (Å²) in [6.07, 6.45) is 1.47. The van der Waals surface area contributed by atoms with Crippen LogP contribution in [-0.4, -0.2) is 16.9 Å². The molecule has 0 bridgehead atoms. The molecule has 4 heavy (non-hydrogen) atoms. The van der Waals surface area contributed by atoms with Gasteiger partial charge in [0, 0.05) is 0 Å². The normalized spacial score (nSPS) is 9.25. The molecule has 0 spiro atoms. The Bertz CT molecular complexity index is 21.2. The first-order valence-corrected chi connectivity index (χ1v) is 2.01. The molecular weight excluding hydrogens is 113 g/mol. The van der Waals surface area contributed by atoms with Crippen molar-refractivity contribution < 1.29 is 0 Å². The van der Waals surface area contributed by atoms with Crippen molar-refractivity contribution in [2.24, 2.45) is 5.73 Å². The van der Waals surface area contributed by atoms with Crippen LogP contribution in [0.1, 0.15) is 0 Å². The molecule has 2 heteroatoms. The van der Waals surface area contributed by atoms with Crippen LogP contribution in [0.3, 0.4) is 0 Å². The van der Waals surface area contributed by atoms with Crippen LogP contribution in [0, 0.1) is 0 Å². The van der Waals surface area contributed by atoms with Crippen LogP contribution >= 0.6 is 0 Å². The third-order valence-electron chi connectivity index (χ3n) is 0.0861. The Morgan fingerprint density at radius 3 is 2.00 bits per heavy atom. The van der Waals surface area contributed by atoms with E-state index in [0.29, 0.717) is 0 Å². The third kappa shape index (κ3) is 2.10. The Labute approximate surface area is 34.4 Å². The van der Waals surface area contributed by atoms with E-state index >= 15 is 0 Å². The van der Waals surface area contributed by atoms with Gasteiger partial charge in [-0.05, 0) is 0 Å². The van der Waals surface area contributed by atoms with Crippen molar-refractivity contribution in [1.29, 1.82) is 0 Å². The maximum atomic E-state index is 4.83. The number of hydrogen-bond donors (Lipinski definition) is 1. The van der Waals surface area contributed by atoms with Gasteiger partial charge in [-0.2, -0.15) is 0 Å². The van der Waals surface area contributed by atoms with Crippen molar-refractivity contribution in [3.63, 3.8) is 0 Å². The molecule has 0 saturated carbocycles. The van der Waals surface area contributed by atoms with E-state index in [1.54, 1.807) is 4.86 Å². The molecule has 0 aliphatic heterocycles. The summed E-state index contributed by atoms with van der Waals surface area (Å²) in [6.45, 7) is 0. The molecule has 0 rings (SSSR count). The Kier molecular flexibility index (Phi) is 3.17. The van der Waals surface area contributed by atoms with E-state index in [2.05, 4.69) is 16.9 Å². The summed E-state index contributed by atoms with van der Waals surface area (Å²) in [4.78, 5) is 1.72. The van der Waals surface area contributed by atoms with Gasteiger partial charge in [0.15, 0.2) is 0 Å². The molecule has 0 aromatic heterocycles. The number of hydrogen-bond acceptors (Lipinski definition) is 1. The van der Waals surface area contributed by atoms with E-state index < -0.39 is 0 Å². The van der Waals surface area contributed by atoms with Gasteiger partial charge < -0.3 is 0 Å². The molecule has 0 atom stereocenters. The van der Waals surface area contributed by atoms with Crippen LogP contribution < -0.4 is 5.73 Å². The van der Waals surface area contributed by atoms with Gasteiger partial charge in [0.25, 0.3) is 0 Å². The van der Waals surface area contributed by atoms with Crippen LogP contribution in [-0.2, 0) is 0 Å². The van der Waals surface area contributed by atoms with Crippen molar-refractivity contribution in [3.05, 3.63) is 11.1 Å². The van der Waals surface area contributed by atoms with Crippen LogP contribution in [0.15, 0.2) is 11.1 Å². The molecule has 1 nitrogen and oxygen atoms in total. The summed E-state index contributed by atoms with van der Waals surface area (Å²) in [5.41, 5.74) is 4.83. The molecule has 0 aliphatic carbocycles.